The van der Waals surface area contributed by atoms with Crippen molar-refractivity contribution in [3.63, 3.8) is 0 Å². The zero-order valence-corrected chi connectivity index (χ0v) is 37.5. The van der Waals surface area contributed by atoms with Crippen LogP contribution in [0.25, 0.3) is 44.5 Å². The minimum atomic E-state index is -0.651. The maximum atomic E-state index is 14.0. The Balaban J connectivity index is 1.04. The highest BCUT2D eigenvalue weighted by molar-refractivity contribution is 5.88. The van der Waals surface area contributed by atoms with Crippen LogP contribution in [0.3, 0.4) is 0 Å². The number of carbonyl (C=O) groups is 4. The number of methoxy groups -OCH3 is 2. The van der Waals surface area contributed by atoms with Crippen LogP contribution in [0.4, 0.5) is 9.59 Å². The summed E-state index contributed by atoms with van der Waals surface area (Å²) < 4.78 is 9.88. The highest BCUT2D eigenvalue weighted by Gasteiger charge is 2.43. The van der Waals surface area contributed by atoms with Crippen LogP contribution < -0.4 is 0 Å². The number of nitrogens with one attached hydrogen (secondary N) is 2. The molecular formula is C48H60N8O6. The molecule has 328 valence electrons. The van der Waals surface area contributed by atoms with Crippen molar-refractivity contribution in [2.45, 2.75) is 78.6 Å². The quantitative estimate of drug-likeness (QED) is 0.134. The number of fused-ring (bicyclic) bond motifs is 1. The molecule has 4 amide bonds. The van der Waals surface area contributed by atoms with E-state index in [0.29, 0.717) is 13.1 Å². The number of likely N-dealkylation sites (N-methyl/N-ethyl adjacent to an activating group) is 2. The van der Waals surface area contributed by atoms with Gasteiger partial charge in [0, 0.05) is 38.9 Å². The Morgan fingerprint density at radius 1 is 0.645 bits per heavy atom. The third kappa shape index (κ3) is 8.64. The van der Waals surface area contributed by atoms with Crippen molar-refractivity contribution in [2.75, 3.05) is 41.4 Å². The molecule has 2 aliphatic rings. The van der Waals surface area contributed by atoms with Gasteiger partial charge in [0.15, 0.2) is 0 Å². The molecule has 0 radical (unpaired) electrons. The average molecular weight is 845 g/mol. The Kier molecular flexibility index (Phi) is 12.8. The third-order valence-electron chi connectivity index (χ3n) is 12.6. The van der Waals surface area contributed by atoms with E-state index >= 15 is 0 Å². The van der Waals surface area contributed by atoms with Gasteiger partial charge in [-0.1, -0.05) is 96.1 Å². The molecule has 0 saturated carbocycles. The smallest absolute Gasteiger partial charge is 0.409 e. The number of rotatable bonds is 11. The van der Waals surface area contributed by atoms with E-state index in [2.05, 4.69) is 84.5 Å². The Labute approximate surface area is 364 Å². The predicted molar refractivity (Wildman–Crippen MR) is 239 cm³/mol. The van der Waals surface area contributed by atoms with Gasteiger partial charge in [0.2, 0.25) is 11.8 Å². The zero-order chi connectivity index (χ0) is 44.6. The first-order chi connectivity index (χ1) is 29.6. The first-order valence-electron chi connectivity index (χ1n) is 21.6. The van der Waals surface area contributed by atoms with Gasteiger partial charge < -0.3 is 29.2 Å². The van der Waals surface area contributed by atoms with Crippen LogP contribution in [0.15, 0.2) is 72.9 Å². The SMILES string of the molecule is COC(=O)N(C)[C@H](C(=O)N1C[C@@H](C)C[C@H]1c1nc(-c2ccc(-c3ccc(-c4ccc5[nH]c([C@@H]6C[C@H](C)CN6C(=O)[C@H](C(C)C)N(C)C(=O)OC)nc5c4)cc3)cc2)c[nH]1)C(C)C. The molecule has 62 heavy (non-hydrogen) atoms. The number of aromatic amines is 2. The summed E-state index contributed by atoms with van der Waals surface area (Å²) in [4.78, 5) is 76.1. The van der Waals surface area contributed by atoms with Crippen molar-refractivity contribution in [3.8, 4) is 33.5 Å². The Morgan fingerprint density at radius 3 is 1.55 bits per heavy atom. The van der Waals surface area contributed by atoms with Crippen LogP contribution in [-0.4, -0.2) is 117 Å². The van der Waals surface area contributed by atoms with Crippen molar-refractivity contribution in [1.82, 2.24) is 39.5 Å². The standard InChI is InChI=1S/C48H60N8O6/c1-27(2)41(53(7)47(59)61-9)45(57)55-25-29(5)21-39(55)43-49-24-38(52-43)34-17-15-32(16-18-34)31-11-13-33(14-12-31)35-19-20-36-37(23-35)51-44(50-36)40-22-30(6)26-56(40)46(58)42(28(3)4)54(8)48(60)62-10/h11-20,23-24,27-30,39-42H,21-22,25-26H2,1-10H3,(H,49,52)(H,50,51)/t29-,30-,39-,40-,41-,42-/m0/s1. The molecule has 3 aromatic carbocycles. The normalized spacial score (nSPS) is 19.9. The molecule has 0 spiro atoms. The average Bonchev–Trinajstić information content (AvgIpc) is 4.08. The lowest BCUT2D eigenvalue weighted by atomic mass is 9.99. The molecule has 4 heterocycles. The second-order valence-corrected chi connectivity index (χ2v) is 17.9. The van der Waals surface area contributed by atoms with E-state index in [1.165, 1.54) is 24.0 Å². The Morgan fingerprint density at radius 2 is 1.08 bits per heavy atom. The molecule has 14 heteroatoms. The summed E-state index contributed by atoms with van der Waals surface area (Å²) in [5.41, 5.74) is 7.72. The fraction of sp³-hybridized carbons (Fsp3) is 0.458. The van der Waals surface area contributed by atoms with Crippen LogP contribution in [-0.2, 0) is 19.1 Å². The fourth-order valence-electron chi connectivity index (χ4n) is 9.46. The Bertz CT molecular complexity index is 2410. The maximum Gasteiger partial charge on any atom is 0.409 e. The van der Waals surface area contributed by atoms with Gasteiger partial charge in [0.25, 0.3) is 0 Å². The molecule has 0 bridgehead atoms. The highest BCUT2D eigenvalue weighted by atomic mass is 16.5. The molecule has 0 unspecified atom stereocenters. The molecule has 0 aliphatic carbocycles. The molecule has 14 nitrogen and oxygen atoms in total. The van der Waals surface area contributed by atoms with Gasteiger partial charge in [-0.2, -0.15) is 0 Å². The molecule has 2 aromatic heterocycles. The van der Waals surface area contributed by atoms with E-state index in [9.17, 15) is 19.2 Å². The van der Waals surface area contributed by atoms with Crippen molar-refractivity contribution < 1.29 is 28.7 Å². The number of hydrogen-bond acceptors (Lipinski definition) is 8. The topological polar surface area (TPSA) is 157 Å². The minimum Gasteiger partial charge on any atom is -0.453 e. The Hall–Kier alpha value is -6.18. The van der Waals surface area contributed by atoms with Crippen LogP contribution in [0, 0.1) is 23.7 Å². The van der Waals surface area contributed by atoms with Gasteiger partial charge in [-0.3, -0.25) is 19.4 Å². The molecule has 2 N–H and O–H groups in total. The number of hydrogen-bond donors (Lipinski definition) is 2. The number of imidazole rings is 2. The van der Waals surface area contributed by atoms with Gasteiger partial charge in [0.05, 0.1) is 43.0 Å². The van der Waals surface area contributed by atoms with E-state index in [1.54, 1.807) is 14.1 Å². The van der Waals surface area contributed by atoms with Crippen molar-refractivity contribution >= 4 is 35.0 Å². The molecule has 6 atom stereocenters. The minimum absolute atomic E-state index is 0.0997. The van der Waals surface area contributed by atoms with Crippen LogP contribution >= 0.6 is 0 Å². The van der Waals surface area contributed by atoms with Gasteiger partial charge in [-0.15, -0.1) is 0 Å². The largest absolute Gasteiger partial charge is 0.453 e. The summed E-state index contributed by atoms with van der Waals surface area (Å²) in [5, 5.41) is 0. The molecule has 2 saturated heterocycles. The number of carbonyl (C=O) groups excluding carboxylic acids is 4. The number of H-pyrrole nitrogens is 2. The molecule has 2 aliphatic heterocycles. The van der Waals surface area contributed by atoms with Gasteiger partial charge in [0.1, 0.15) is 23.7 Å². The van der Waals surface area contributed by atoms with Crippen molar-refractivity contribution in [2.24, 2.45) is 23.7 Å². The van der Waals surface area contributed by atoms with Gasteiger partial charge in [-0.25, -0.2) is 19.6 Å². The van der Waals surface area contributed by atoms with E-state index < -0.39 is 24.3 Å². The van der Waals surface area contributed by atoms with Gasteiger partial charge in [-0.05, 0) is 70.9 Å². The highest BCUT2D eigenvalue weighted by Crippen LogP contribution is 2.39. The van der Waals surface area contributed by atoms with Crippen LogP contribution in [0.1, 0.15) is 78.1 Å². The predicted octanol–water partition coefficient (Wildman–Crippen LogP) is 8.55. The summed E-state index contributed by atoms with van der Waals surface area (Å²) in [6.07, 6.45) is 2.36. The van der Waals surface area contributed by atoms with E-state index in [1.807, 2.05) is 49.8 Å². The van der Waals surface area contributed by atoms with E-state index in [-0.39, 0.29) is 47.6 Å². The fourth-order valence-corrected chi connectivity index (χ4v) is 9.46. The van der Waals surface area contributed by atoms with E-state index in [4.69, 9.17) is 19.4 Å². The lowest BCUT2D eigenvalue weighted by Gasteiger charge is -2.34. The van der Waals surface area contributed by atoms with Gasteiger partial charge >= 0.3 is 12.2 Å². The summed E-state index contributed by atoms with van der Waals surface area (Å²) in [7, 11) is 5.88. The molecule has 7 rings (SSSR count). The lowest BCUT2D eigenvalue weighted by molar-refractivity contribution is -0.139. The van der Waals surface area contributed by atoms with Crippen molar-refractivity contribution in [1.29, 1.82) is 0 Å². The number of likely N-dealkylation sites (tertiary alicyclic amines) is 2. The second kappa shape index (κ2) is 18.0. The summed E-state index contributed by atoms with van der Waals surface area (Å²) in [6, 6.07) is 21.2. The summed E-state index contributed by atoms with van der Waals surface area (Å²) in [6.45, 7) is 13.2. The first kappa shape index (κ1) is 43.9. The maximum absolute atomic E-state index is 14.0. The van der Waals surface area contributed by atoms with Crippen LogP contribution in [0.5, 0.6) is 0 Å². The van der Waals surface area contributed by atoms with Crippen LogP contribution in [0.2, 0.25) is 0 Å². The van der Waals surface area contributed by atoms with E-state index in [0.717, 1.165) is 69.0 Å². The first-order valence-corrected chi connectivity index (χ1v) is 21.6. The lowest BCUT2D eigenvalue weighted by Crippen LogP contribution is -2.52. The number of benzene rings is 3. The number of nitrogens with zero attached hydrogens (tertiary/aromatic N) is 6. The molecular weight excluding hydrogens is 785 g/mol. The summed E-state index contributed by atoms with van der Waals surface area (Å²) in [5.74, 6) is 1.62. The monoisotopic (exact) mass is 844 g/mol. The summed E-state index contributed by atoms with van der Waals surface area (Å²) >= 11 is 0. The molecule has 5 aromatic rings. The van der Waals surface area contributed by atoms with Crippen molar-refractivity contribution in [3.05, 3.63) is 84.6 Å². The third-order valence-corrected chi connectivity index (χ3v) is 12.6. The number of amides is 4. The number of aromatic nitrogens is 4. The second-order valence-electron chi connectivity index (χ2n) is 17.9. The number of ether oxygens (including phenoxy) is 2. The zero-order valence-electron chi connectivity index (χ0n) is 37.5. The molecule has 2 fully saturated rings.